The van der Waals surface area contributed by atoms with E-state index in [4.69, 9.17) is 14.2 Å². The van der Waals surface area contributed by atoms with E-state index in [1.165, 1.54) is 19.3 Å². The van der Waals surface area contributed by atoms with E-state index < -0.39 is 5.79 Å². The molecule has 6 rings (SSSR count). The molecule has 4 heteroatoms. The molecular weight excluding hydrogens is 472 g/mol. The van der Waals surface area contributed by atoms with Crippen LogP contribution in [-0.2, 0) is 19.0 Å². The van der Waals surface area contributed by atoms with Crippen LogP contribution in [0.2, 0.25) is 0 Å². The van der Waals surface area contributed by atoms with Crippen molar-refractivity contribution in [2.45, 2.75) is 125 Å². The minimum absolute atomic E-state index is 0.0543. The normalized spacial score (nSPS) is 55.2. The van der Waals surface area contributed by atoms with Crippen molar-refractivity contribution in [2.75, 3.05) is 13.7 Å². The van der Waals surface area contributed by atoms with Gasteiger partial charge in [-0.15, -0.1) is 0 Å². The lowest BCUT2D eigenvalue weighted by molar-refractivity contribution is -0.351. The van der Waals surface area contributed by atoms with Crippen LogP contribution in [0.15, 0.2) is 11.6 Å². The van der Waals surface area contributed by atoms with Gasteiger partial charge < -0.3 is 14.2 Å². The highest BCUT2D eigenvalue weighted by molar-refractivity contribution is 5.78. The number of ether oxygens (including phenoxy) is 3. The molecule has 11 atom stereocenters. The second kappa shape index (κ2) is 8.34. The minimum atomic E-state index is -0.473. The highest BCUT2D eigenvalue weighted by atomic mass is 16.7. The summed E-state index contributed by atoms with van der Waals surface area (Å²) in [6.45, 7) is 20.2. The summed E-state index contributed by atoms with van der Waals surface area (Å²) < 4.78 is 18.5. The monoisotopic (exact) mass is 526 g/mol. The van der Waals surface area contributed by atoms with Crippen LogP contribution < -0.4 is 0 Å². The van der Waals surface area contributed by atoms with E-state index in [9.17, 15) is 4.79 Å². The fraction of sp³-hybridized carbons (Fsp3) is 0.912. The standard InChI is InChI=1S/C34H54O4/c1-21-12-17-34(28(35)36-9)19-18-32(7)23(27(34)22(21)2)10-11-25-30(5)15-14-26-31(6,20-37-29(3,4)38-26)24(30)13-16-33(25,32)8/h10,21-22,24-27H,11-20H2,1-9H3/t21-,22+,24?,25?,26?,27?,30+,31-,32-,33-,34+/m1/s1. The first-order valence-electron chi connectivity index (χ1n) is 15.8. The van der Waals surface area contributed by atoms with Gasteiger partial charge in [-0.1, -0.05) is 53.2 Å². The molecule has 214 valence electrons. The molecule has 38 heavy (non-hydrogen) atoms. The average molecular weight is 527 g/mol. The Morgan fingerprint density at radius 3 is 2.34 bits per heavy atom. The van der Waals surface area contributed by atoms with Crippen molar-refractivity contribution >= 4 is 5.97 Å². The Labute approximate surface area is 232 Å². The van der Waals surface area contributed by atoms with E-state index in [1.807, 2.05) is 0 Å². The molecule has 0 bridgehead atoms. The van der Waals surface area contributed by atoms with Crippen molar-refractivity contribution in [3.05, 3.63) is 11.6 Å². The van der Waals surface area contributed by atoms with E-state index >= 15 is 0 Å². The molecule has 0 amide bonds. The van der Waals surface area contributed by atoms with Crippen LogP contribution in [0.1, 0.15) is 113 Å². The summed E-state index contributed by atoms with van der Waals surface area (Å²) in [5, 5.41) is 0. The van der Waals surface area contributed by atoms with Gasteiger partial charge in [-0.2, -0.15) is 0 Å². The van der Waals surface area contributed by atoms with E-state index in [-0.39, 0.29) is 33.0 Å². The number of hydrogen-bond donors (Lipinski definition) is 0. The molecule has 0 aromatic rings. The Balaban J connectivity index is 1.40. The third-order valence-electron chi connectivity index (χ3n) is 14.5. The predicted molar refractivity (Wildman–Crippen MR) is 150 cm³/mol. The topological polar surface area (TPSA) is 44.8 Å². The maximum atomic E-state index is 13.5. The quantitative estimate of drug-likeness (QED) is 0.257. The number of methoxy groups -OCH3 is 1. The molecule has 5 fully saturated rings. The number of esters is 1. The molecule has 0 radical (unpaired) electrons. The lowest BCUT2D eigenvalue weighted by Crippen LogP contribution is -2.68. The minimum Gasteiger partial charge on any atom is -0.469 e. The Bertz CT molecular complexity index is 1030. The van der Waals surface area contributed by atoms with Crippen molar-refractivity contribution in [3.8, 4) is 0 Å². The van der Waals surface area contributed by atoms with Gasteiger partial charge in [-0.25, -0.2) is 0 Å². The number of rotatable bonds is 1. The van der Waals surface area contributed by atoms with Gasteiger partial charge in [-0.3, -0.25) is 4.79 Å². The Morgan fingerprint density at radius 2 is 1.63 bits per heavy atom. The SMILES string of the molecule is COC(=O)[C@]12CC[C@@H](C)[C@H](C)C1C1=CCC3[C@@]4(C)CCC5OC(C)(C)OC[C@]5(C)C4CC[C@@]3(C)[C@]1(C)CC2. The van der Waals surface area contributed by atoms with E-state index in [2.05, 4.69) is 61.5 Å². The molecule has 0 aromatic carbocycles. The highest BCUT2D eigenvalue weighted by Gasteiger charge is 2.70. The summed E-state index contributed by atoms with van der Waals surface area (Å²) in [4.78, 5) is 13.5. The van der Waals surface area contributed by atoms with E-state index in [0.29, 0.717) is 35.7 Å². The van der Waals surface area contributed by atoms with E-state index in [0.717, 1.165) is 45.1 Å². The molecule has 6 aliphatic rings. The summed E-state index contributed by atoms with van der Waals surface area (Å²) in [5.74, 6) is 2.32. The predicted octanol–water partition coefficient (Wildman–Crippen LogP) is 7.95. The number of allylic oxidation sites excluding steroid dienone is 2. The van der Waals surface area contributed by atoms with Crippen LogP contribution in [0, 0.1) is 56.7 Å². The van der Waals surface area contributed by atoms with Crippen LogP contribution in [-0.4, -0.2) is 31.6 Å². The number of carbonyl (C=O) groups excluding carboxylic acids is 1. The zero-order valence-corrected chi connectivity index (χ0v) is 25.7. The summed E-state index contributed by atoms with van der Waals surface area (Å²) >= 11 is 0. The maximum absolute atomic E-state index is 13.5. The first-order valence-corrected chi connectivity index (χ1v) is 15.8. The number of fused-ring (bicyclic) bond motifs is 9. The summed E-state index contributed by atoms with van der Waals surface area (Å²) in [6.07, 6.45) is 13.2. The van der Waals surface area contributed by atoms with Crippen molar-refractivity contribution < 1.29 is 19.0 Å². The molecule has 1 heterocycles. The molecular formula is C34H54O4. The van der Waals surface area contributed by atoms with Gasteiger partial charge in [0.05, 0.1) is 25.2 Å². The van der Waals surface area contributed by atoms with Crippen molar-refractivity contribution in [3.63, 3.8) is 0 Å². The molecule has 0 spiro atoms. The molecule has 0 aromatic heterocycles. The van der Waals surface area contributed by atoms with Crippen molar-refractivity contribution in [1.29, 1.82) is 0 Å². The van der Waals surface area contributed by atoms with Gasteiger partial charge in [0.1, 0.15) is 0 Å². The summed E-state index contributed by atoms with van der Waals surface area (Å²) in [5.41, 5.74) is 2.03. The summed E-state index contributed by atoms with van der Waals surface area (Å²) in [6, 6.07) is 0. The largest absolute Gasteiger partial charge is 0.469 e. The molecule has 4 saturated carbocycles. The average Bonchev–Trinajstić information content (AvgIpc) is 2.86. The van der Waals surface area contributed by atoms with Gasteiger partial charge in [0.15, 0.2) is 5.79 Å². The highest BCUT2D eigenvalue weighted by Crippen LogP contribution is 2.76. The van der Waals surface area contributed by atoms with Crippen LogP contribution in [0.25, 0.3) is 0 Å². The second-order valence-corrected chi connectivity index (χ2v) is 16.1. The second-order valence-electron chi connectivity index (χ2n) is 16.1. The first kappa shape index (κ1) is 27.3. The number of carbonyl (C=O) groups is 1. The fourth-order valence-electron chi connectivity index (χ4n) is 11.9. The van der Waals surface area contributed by atoms with Crippen LogP contribution in [0.3, 0.4) is 0 Å². The molecule has 4 unspecified atom stereocenters. The third kappa shape index (κ3) is 3.25. The number of hydrogen-bond acceptors (Lipinski definition) is 4. The van der Waals surface area contributed by atoms with Gasteiger partial charge in [0, 0.05) is 5.41 Å². The van der Waals surface area contributed by atoms with Crippen LogP contribution in [0.5, 0.6) is 0 Å². The molecule has 5 aliphatic carbocycles. The molecule has 1 aliphatic heterocycles. The van der Waals surface area contributed by atoms with Gasteiger partial charge in [0.2, 0.25) is 0 Å². The smallest absolute Gasteiger partial charge is 0.312 e. The zero-order valence-electron chi connectivity index (χ0n) is 25.7. The third-order valence-corrected chi connectivity index (χ3v) is 14.5. The van der Waals surface area contributed by atoms with E-state index in [1.54, 1.807) is 12.7 Å². The van der Waals surface area contributed by atoms with Crippen molar-refractivity contribution in [2.24, 2.45) is 56.7 Å². The molecule has 4 nitrogen and oxygen atoms in total. The molecule has 1 saturated heterocycles. The Kier molecular flexibility index (Phi) is 5.99. The Hall–Kier alpha value is -0.870. The van der Waals surface area contributed by atoms with Crippen LogP contribution >= 0.6 is 0 Å². The maximum Gasteiger partial charge on any atom is 0.312 e. The lowest BCUT2D eigenvalue weighted by atomic mass is 9.33. The first-order chi connectivity index (χ1) is 17.7. The van der Waals surface area contributed by atoms with Gasteiger partial charge in [0.25, 0.3) is 0 Å². The summed E-state index contributed by atoms with van der Waals surface area (Å²) in [7, 11) is 1.61. The van der Waals surface area contributed by atoms with Gasteiger partial charge in [-0.05, 0) is 117 Å². The van der Waals surface area contributed by atoms with Crippen LogP contribution in [0.4, 0.5) is 0 Å². The van der Waals surface area contributed by atoms with Crippen molar-refractivity contribution in [1.82, 2.24) is 0 Å². The zero-order chi connectivity index (χ0) is 27.5. The lowest BCUT2D eigenvalue weighted by Gasteiger charge is -2.72. The van der Waals surface area contributed by atoms with Gasteiger partial charge >= 0.3 is 5.97 Å². The fourth-order valence-corrected chi connectivity index (χ4v) is 11.9. The molecule has 0 N–H and O–H groups in total. The Morgan fingerprint density at radius 1 is 0.895 bits per heavy atom.